The largest absolute Gasteiger partial charge is 0.349 e. The smallest absolute Gasteiger partial charge is 0.287 e. The van der Waals surface area contributed by atoms with Gasteiger partial charge in [-0.1, -0.05) is 0 Å². The summed E-state index contributed by atoms with van der Waals surface area (Å²) in [6.45, 7) is 1.88. The molecule has 1 aliphatic carbocycles. The summed E-state index contributed by atoms with van der Waals surface area (Å²) in [6, 6.07) is 3.62. The van der Waals surface area contributed by atoms with Gasteiger partial charge in [-0.2, -0.15) is 5.11 Å². The predicted octanol–water partition coefficient (Wildman–Crippen LogP) is 1.96. The van der Waals surface area contributed by atoms with Crippen molar-refractivity contribution >= 4 is 11.8 Å². The SMILES string of the molecule is Cc1ccc(C(=O)NC2CCC3N=NC(=O)C=C3C2)cn1. The van der Waals surface area contributed by atoms with Crippen molar-refractivity contribution in [2.75, 3.05) is 0 Å². The van der Waals surface area contributed by atoms with Gasteiger partial charge >= 0.3 is 0 Å². The summed E-state index contributed by atoms with van der Waals surface area (Å²) in [5, 5.41) is 10.6. The minimum atomic E-state index is -0.309. The normalized spacial score (nSPS) is 24.2. The number of carbonyl (C=O) groups is 2. The summed E-state index contributed by atoms with van der Waals surface area (Å²) in [7, 11) is 0. The fourth-order valence-electron chi connectivity index (χ4n) is 2.66. The number of fused-ring (bicyclic) bond motifs is 1. The summed E-state index contributed by atoms with van der Waals surface area (Å²) >= 11 is 0. The van der Waals surface area contributed by atoms with Crippen molar-refractivity contribution in [1.82, 2.24) is 10.3 Å². The van der Waals surface area contributed by atoms with E-state index in [4.69, 9.17) is 0 Å². The fourth-order valence-corrected chi connectivity index (χ4v) is 2.66. The quantitative estimate of drug-likeness (QED) is 0.901. The van der Waals surface area contributed by atoms with Crippen LogP contribution in [0.15, 0.2) is 40.2 Å². The zero-order valence-corrected chi connectivity index (χ0v) is 11.7. The summed E-state index contributed by atoms with van der Waals surface area (Å²) in [6.07, 6.45) is 5.41. The minimum absolute atomic E-state index is 0.0110. The molecular formula is C15H16N4O2. The van der Waals surface area contributed by atoms with E-state index >= 15 is 0 Å². The second kappa shape index (κ2) is 5.55. The zero-order chi connectivity index (χ0) is 14.8. The molecule has 108 valence electrons. The van der Waals surface area contributed by atoms with Crippen LogP contribution in [0, 0.1) is 6.92 Å². The van der Waals surface area contributed by atoms with E-state index in [2.05, 4.69) is 20.5 Å². The number of aryl methyl sites for hydroxylation is 1. The molecule has 0 saturated heterocycles. The van der Waals surface area contributed by atoms with Gasteiger partial charge in [0.05, 0.1) is 11.6 Å². The summed E-state index contributed by atoms with van der Waals surface area (Å²) in [4.78, 5) is 27.6. The lowest BCUT2D eigenvalue weighted by molar-refractivity contribution is -0.114. The lowest BCUT2D eigenvalue weighted by Gasteiger charge is -2.30. The van der Waals surface area contributed by atoms with Crippen molar-refractivity contribution in [3.63, 3.8) is 0 Å². The van der Waals surface area contributed by atoms with Gasteiger partial charge in [0, 0.05) is 24.0 Å². The molecule has 2 atom stereocenters. The molecule has 1 fully saturated rings. The Morgan fingerprint density at radius 1 is 1.33 bits per heavy atom. The van der Waals surface area contributed by atoms with Gasteiger partial charge in [-0.15, -0.1) is 5.11 Å². The van der Waals surface area contributed by atoms with Crippen LogP contribution < -0.4 is 5.32 Å². The van der Waals surface area contributed by atoms with Crippen LogP contribution in [0.1, 0.15) is 35.3 Å². The Kier molecular flexibility index (Phi) is 3.60. The standard InChI is InChI=1S/C15H16N4O2/c1-9-2-3-10(8-16-9)15(21)17-12-4-5-13-11(6-12)7-14(20)19-18-13/h2-3,7-8,12-13H,4-6H2,1H3,(H,17,21). The molecule has 2 unspecified atom stereocenters. The van der Waals surface area contributed by atoms with Gasteiger partial charge in [0.2, 0.25) is 0 Å². The van der Waals surface area contributed by atoms with E-state index in [1.807, 2.05) is 13.0 Å². The number of carbonyl (C=O) groups excluding carboxylic acids is 2. The van der Waals surface area contributed by atoms with E-state index < -0.39 is 0 Å². The maximum atomic E-state index is 12.2. The summed E-state index contributed by atoms with van der Waals surface area (Å²) in [5.41, 5.74) is 2.40. The van der Waals surface area contributed by atoms with E-state index in [1.165, 1.54) is 0 Å². The van der Waals surface area contributed by atoms with Gasteiger partial charge in [-0.25, -0.2) is 0 Å². The lowest BCUT2D eigenvalue weighted by atomic mass is 9.86. The van der Waals surface area contributed by atoms with Crippen LogP contribution in [0.25, 0.3) is 0 Å². The zero-order valence-electron chi connectivity index (χ0n) is 11.7. The third-order valence-electron chi connectivity index (χ3n) is 3.81. The fraction of sp³-hybridized carbons (Fsp3) is 0.400. The van der Waals surface area contributed by atoms with Crippen molar-refractivity contribution in [2.24, 2.45) is 10.2 Å². The second-order valence-electron chi connectivity index (χ2n) is 5.43. The van der Waals surface area contributed by atoms with Crippen LogP contribution in [0.3, 0.4) is 0 Å². The molecule has 2 amide bonds. The molecule has 0 spiro atoms. The van der Waals surface area contributed by atoms with Crippen molar-refractivity contribution < 1.29 is 9.59 Å². The molecule has 2 aliphatic rings. The van der Waals surface area contributed by atoms with Crippen molar-refractivity contribution in [1.29, 1.82) is 0 Å². The van der Waals surface area contributed by atoms with E-state index in [0.717, 1.165) is 24.1 Å². The monoisotopic (exact) mass is 284 g/mol. The Hall–Kier alpha value is -2.37. The first-order chi connectivity index (χ1) is 10.1. The molecule has 1 saturated carbocycles. The number of nitrogens with zero attached hydrogens (tertiary/aromatic N) is 3. The summed E-state index contributed by atoms with van der Waals surface area (Å²) < 4.78 is 0. The number of rotatable bonds is 2. The van der Waals surface area contributed by atoms with Crippen molar-refractivity contribution in [3.05, 3.63) is 41.2 Å². The topological polar surface area (TPSA) is 83.8 Å². The van der Waals surface area contributed by atoms with E-state index in [-0.39, 0.29) is 23.9 Å². The molecule has 1 aromatic rings. The van der Waals surface area contributed by atoms with Crippen LogP contribution in [0.2, 0.25) is 0 Å². The first-order valence-electron chi connectivity index (χ1n) is 7.00. The molecule has 21 heavy (non-hydrogen) atoms. The van der Waals surface area contributed by atoms with Gasteiger partial charge < -0.3 is 5.32 Å². The molecule has 1 N–H and O–H groups in total. The second-order valence-corrected chi connectivity index (χ2v) is 5.43. The third-order valence-corrected chi connectivity index (χ3v) is 3.81. The minimum Gasteiger partial charge on any atom is -0.349 e. The van der Waals surface area contributed by atoms with Crippen LogP contribution in [-0.2, 0) is 4.79 Å². The highest BCUT2D eigenvalue weighted by molar-refractivity contribution is 5.94. The molecule has 3 rings (SSSR count). The number of hydrogen-bond acceptors (Lipinski definition) is 4. The van der Waals surface area contributed by atoms with Crippen LogP contribution >= 0.6 is 0 Å². The van der Waals surface area contributed by atoms with E-state index in [9.17, 15) is 9.59 Å². The Labute approximate surface area is 122 Å². The number of nitrogens with one attached hydrogen (secondary N) is 1. The number of pyridine rings is 1. The van der Waals surface area contributed by atoms with Crippen molar-refractivity contribution in [3.8, 4) is 0 Å². The number of amides is 2. The van der Waals surface area contributed by atoms with E-state index in [0.29, 0.717) is 12.0 Å². The van der Waals surface area contributed by atoms with Gasteiger partial charge in [0.15, 0.2) is 0 Å². The van der Waals surface area contributed by atoms with Crippen molar-refractivity contribution in [2.45, 2.75) is 38.3 Å². The third kappa shape index (κ3) is 3.04. The first-order valence-corrected chi connectivity index (χ1v) is 7.00. The molecular weight excluding hydrogens is 268 g/mol. The Balaban J connectivity index is 1.65. The average molecular weight is 284 g/mol. The average Bonchev–Trinajstić information content (AvgIpc) is 2.47. The van der Waals surface area contributed by atoms with Gasteiger partial charge in [0.25, 0.3) is 11.8 Å². The van der Waals surface area contributed by atoms with E-state index in [1.54, 1.807) is 18.3 Å². The Morgan fingerprint density at radius 3 is 2.95 bits per heavy atom. The molecule has 0 aromatic carbocycles. The molecule has 0 radical (unpaired) electrons. The molecule has 6 heteroatoms. The number of aromatic nitrogens is 1. The van der Waals surface area contributed by atoms with Crippen LogP contribution in [0.4, 0.5) is 0 Å². The molecule has 1 aliphatic heterocycles. The predicted molar refractivity (Wildman–Crippen MR) is 75.8 cm³/mol. The van der Waals surface area contributed by atoms with Gasteiger partial charge in [-0.3, -0.25) is 14.6 Å². The first kappa shape index (κ1) is 13.6. The highest BCUT2D eigenvalue weighted by Gasteiger charge is 2.29. The highest BCUT2D eigenvalue weighted by atomic mass is 16.2. The molecule has 1 aromatic heterocycles. The Morgan fingerprint density at radius 2 is 2.19 bits per heavy atom. The molecule has 6 nitrogen and oxygen atoms in total. The molecule has 2 heterocycles. The lowest BCUT2D eigenvalue weighted by Crippen LogP contribution is -2.39. The Bertz CT molecular complexity index is 634. The highest BCUT2D eigenvalue weighted by Crippen LogP contribution is 2.29. The maximum Gasteiger partial charge on any atom is 0.287 e. The van der Waals surface area contributed by atoms with Crippen LogP contribution in [-0.4, -0.2) is 28.9 Å². The maximum absolute atomic E-state index is 12.2. The van der Waals surface area contributed by atoms with Gasteiger partial charge in [-0.05, 0) is 43.9 Å². The van der Waals surface area contributed by atoms with Gasteiger partial charge in [0.1, 0.15) is 0 Å². The summed E-state index contributed by atoms with van der Waals surface area (Å²) in [5.74, 6) is -0.439. The number of hydrogen-bond donors (Lipinski definition) is 1. The number of azo groups is 1. The molecule has 0 bridgehead atoms. The van der Waals surface area contributed by atoms with Crippen LogP contribution in [0.5, 0.6) is 0 Å².